The molecule has 0 aromatic rings. The molecule has 0 saturated carbocycles. The number of carbonyl (C=O) groups excluding carboxylic acids is 1. The zero-order chi connectivity index (χ0) is 13.6. The molecular weight excluding hydrogens is 228 g/mol. The van der Waals surface area contributed by atoms with Crippen LogP contribution in [-0.2, 0) is 9.53 Å². The third-order valence-electron chi connectivity index (χ3n) is 2.70. The first-order valence-electron chi connectivity index (χ1n) is 7.07. The van der Waals surface area contributed by atoms with Crippen molar-refractivity contribution in [3.05, 3.63) is 0 Å². The molecule has 0 saturated heterocycles. The van der Waals surface area contributed by atoms with E-state index in [0.29, 0.717) is 13.0 Å². The molecule has 0 amide bonds. The number of unbranched alkanes of at least 4 members (excludes halogenated alkanes) is 6. The Hall–Kier alpha value is -1.01. The molecular formula is C15H26O3. The summed E-state index contributed by atoms with van der Waals surface area (Å²) in [5.41, 5.74) is 0. The molecule has 0 aromatic carbocycles. The normalized spacial score (nSPS) is 11.5. The van der Waals surface area contributed by atoms with Gasteiger partial charge in [0.15, 0.2) is 0 Å². The van der Waals surface area contributed by atoms with Gasteiger partial charge in [0.2, 0.25) is 0 Å². The number of hydrogen-bond donors (Lipinski definition) is 1. The molecule has 1 atom stereocenters. The fourth-order valence-corrected chi connectivity index (χ4v) is 1.68. The van der Waals surface area contributed by atoms with E-state index in [2.05, 4.69) is 23.5 Å². The maximum absolute atomic E-state index is 10.9. The van der Waals surface area contributed by atoms with Crippen LogP contribution in [0.15, 0.2) is 0 Å². The Morgan fingerprint density at radius 3 is 2.33 bits per heavy atom. The Bertz CT molecular complexity index is 263. The van der Waals surface area contributed by atoms with E-state index in [0.717, 1.165) is 12.8 Å². The second-order valence-electron chi connectivity index (χ2n) is 4.42. The van der Waals surface area contributed by atoms with Gasteiger partial charge in [-0.05, 0) is 19.8 Å². The van der Waals surface area contributed by atoms with Crippen LogP contribution >= 0.6 is 0 Å². The van der Waals surface area contributed by atoms with Crippen LogP contribution in [0.2, 0.25) is 0 Å². The Morgan fingerprint density at radius 1 is 1.11 bits per heavy atom. The fraction of sp³-hybridized carbons (Fsp3) is 0.800. The fourth-order valence-electron chi connectivity index (χ4n) is 1.68. The molecule has 0 radical (unpaired) electrons. The van der Waals surface area contributed by atoms with E-state index in [1.165, 1.54) is 32.1 Å². The van der Waals surface area contributed by atoms with Crippen LogP contribution in [-0.4, -0.2) is 23.8 Å². The van der Waals surface area contributed by atoms with Gasteiger partial charge in [-0.25, -0.2) is 4.79 Å². The van der Waals surface area contributed by atoms with Crippen molar-refractivity contribution in [3.63, 3.8) is 0 Å². The SMILES string of the molecule is CCCCCCCCCC(O)C#CC(=O)OCC. The van der Waals surface area contributed by atoms with E-state index in [1.807, 2.05) is 0 Å². The van der Waals surface area contributed by atoms with Crippen molar-refractivity contribution in [1.29, 1.82) is 0 Å². The first-order chi connectivity index (χ1) is 8.70. The van der Waals surface area contributed by atoms with Crippen LogP contribution in [0.5, 0.6) is 0 Å². The van der Waals surface area contributed by atoms with Crippen LogP contribution in [0.4, 0.5) is 0 Å². The lowest BCUT2D eigenvalue weighted by Gasteiger charge is -2.03. The summed E-state index contributed by atoms with van der Waals surface area (Å²) in [6.45, 7) is 4.26. The quantitative estimate of drug-likeness (QED) is 0.298. The van der Waals surface area contributed by atoms with Gasteiger partial charge < -0.3 is 9.84 Å². The predicted molar refractivity (Wildman–Crippen MR) is 73.0 cm³/mol. The first kappa shape index (κ1) is 17.0. The summed E-state index contributed by atoms with van der Waals surface area (Å²) < 4.78 is 4.65. The summed E-state index contributed by atoms with van der Waals surface area (Å²) in [5.74, 6) is 4.24. The van der Waals surface area contributed by atoms with Gasteiger partial charge in [-0.15, -0.1) is 0 Å². The van der Waals surface area contributed by atoms with Gasteiger partial charge >= 0.3 is 5.97 Å². The molecule has 1 N–H and O–H groups in total. The van der Waals surface area contributed by atoms with Crippen molar-refractivity contribution in [2.75, 3.05) is 6.61 Å². The molecule has 0 heterocycles. The van der Waals surface area contributed by atoms with E-state index in [1.54, 1.807) is 6.92 Å². The highest BCUT2D eigenvalue weighted by atomic mass is 16.5. The maximum atomic E-state index is 10.9. The minimum Gasteiger partial charge on any atom is -0.456 e. The molecule has 0 aromatic heterocycles. The molecule has 104 valence electrons. The van der Waals surface area contributed by atoms with Crippen molar-refractivity contribution in [1.82, 2.24) is 0 Å². The molecule has 0 spiro atoms. The van der Waals surface area contributed by atoms with Gasteiger partial charge in [0, 0.05) is 5.92 Å². The molecule has 3 heteroatoms. The molecule has 0 fully saturated rings. The van der Waals surface area contributed by atoms with Crippen LogP contribution < -0.4 is 0 Å². The number of rotatable bonds is 9. The zero-order valence-electron chi connectivity index (χ0n) is 11.7. The standard InChI is InChI=1S/C15H26O3/c1-3-5-6-7-8-9-10-11-14(16)12-13-15(17)18-4-2/h14,16H,3-11H2,1-2H3. The molecule has 0 aliphatic carbocycles. The third-order valence-corrected chi connectivity index (χ3v) is 2.70. The lowest BCUT2D eigenvalue weighted by molar-refractivity contribution is -0.136. The Balaban J connectivity index is 3.47. The average molecular weight is 254 g/mol. The Labute approximate surface area is 111 Å². The Morgan fingerprint density at radius 2 is 1.72 bits per heavy atom. The summed E-state index contributed by atoms with van der Waals surface area (Å²) in [4.78, 5) is 10.9. The van der Waals surface area contributed by atoms with Crippen molar-refractivity contribution in [2.45, 2.75) is 71.3 Å². The molecule has 0 aliphatic rings. The molecule has 0 rings (SSSR count). The highest BCUT2D eigenvalue weighted by Gasteiger charge is 2.00. The van der Waals surface area contributed by atoms with Crippen molar-refractivity contribution >= 4 is 5.97 Å². The summed E-state index contributed by atoms with van der Waals surface area (Å²) in [5, 5.41) is 9.53. The lowest BCUT2D eigenvalue weighted by Crippen LogP contribution is -2.05. The number of aliphatic hydroxyl groups is 1. The highest BCUT2D eigenvalue weighted by Crippen LogP contribution is 2.09. The van der Waals surface area contributed by atoms with Crippen molar-refractivity contribution < 1.29 is 14.6 Å². The summed E-state index contributed by atoms with van der Waals surface area (Å²) in [6.07, 6.45) is 8.41. The van der Waals surface area contributed by atoms with Crippen LogP contribution in [0.1, 0.15) is 65.2 Å². The van der Waals surface area contributed by atoms with Gasteiger partial charge in [0.05, 0.1) is 6.61 Å². The minimum absolute atomic E-state index is 0.321. The average Bonchev–Trinajstić information content (AvgIpc) is 2.35. The number of carbonyl (C=O) groups is 1. The number of ether oxygens (including phenoxy) is 1. The van der Waals surface area contributed by atoms with Crippen LogP contribution in [0.25, 0.3) is 0 Å². The smallest absolute Gasteiger partial charge is 0.384 e. The van der Waals surface area contributed by atoms with Crippen LogP contribution in [0, 0.1) is 11.8 Å². The van der Waals surface area contributed by atoms with E-state index >= 15 is 0 Å². The lowest BCUT2D eigenvalue weighted by atomic mass is 10.1. The predicted octanol–water partition coefficient (Wildman–Crippen LogP) is 3.05. The van der Waals surface area contributed by atoms with E-state index in [4.69, 9.17) is 0 Å². The number of hydrogen-bond acceptors (Lipinski definition) is 3. The zero-order valence-corrected chi connectivity index (χ0v) is 11.7. The van der Waals surface area contributed by atoms with Crippen molar-refractivity contribution in [3.8, 4) is 11.8 Å². The molecule has 18 heavy (non-hydrogen) atoms. The largest absolute Gasteiger partial charge is 0.456 e. The van der Waals surface area contributed by atoms with E-state index in [9.17, 15) is 9.90 Å². The topological polar surface area (TPSA) is 46.5 Å². The van der Waals surface area contributed by atoms with Gasteiger partial charge in [-0.2, -0.15) is 0 Å². The molecule has 0 aliphatic heterocycles. The molecule has 0 bridgehead atoms. The van der Waals surface area contributed by atoms with Gasteiger partial charge in [0.1, 0.15) is 6.10 Å². The molecule has 1 unspecified atom stereocenters. The third kappa shape index (κ3) is 11.5. The van der Waals surface area contributed by atoms with Gasteiger partial charge in [-0.3, -0.25) is 0 Å². The van der Waals surface area contributed by atoms with Gasteiger partial charge in [-0.1, -0.05) is 51.4 Å². The molecule has 3 nitrogen and oxygen atoms in total. The maximum Gasteiger partial charge on any atom is 0.384 e. The van der Waals surface area contributed by atoms with Crippen molar-refractivity contribution in [2.24, 2.45) is 0 Å². The second kappa shape index (κ2) is 12.4. The van der Waals surface area contributed by atoms with E-state index < -0.39 is 12.1 Å². The number of aliphatic hydroxyl groups excluding tert-OH is 1. The summed E-state index contributed by atoms with van der Waals surface area (Å²) >= 11 is 0. The monoisotopic (exact) mass is 254 g/mol. The number of esters is 1. The Kier molecular flexibility index (Phi) is 11.7. The first-order valence-corrected chi connectivity index (χ1v) is 7.07. The van der Waals surface area contributed by atoms with Crippen LogP contribution in [0.3, 0.4) is 0 Å². The highest BCUT2D eigenvalue weighted by molar-refractivity contribution is 5.88. The summed E-state index contributed by atoms with van der Waals surface area (Å²) in [7, 11) is 0. The second-order valence-corrected chi connectivity index (χ2v) is 4.42. The van der Waals surface area contributed by atoms with Gasteiger partial charge in [0.25, 0.3) is 0 Å². The minimum atomic E-state index is -0.704. The summed E-state index contributed by atoms with van der Waals surface area (Å²) in [6, 6.07) is 0. The van der Waals surface area contributed by atoms with E-state index in [-0.39, 0.29) is 0 Å².